The quantitative estimate of drug-likeness (QED) is 0.507. The van der Waals surface area contributed by atoms with Crippen LogP contribution in [0.1, 0.15) is 10.4 Å². The van der Waals surface area contributed by atoms with E-state index in [-0.39, 0.29) is 0 Å². The third-order valence-corrected chi connectivity index (χ3v) is 2.25. The number of hydrogen-bond acceptors (Lipinski definition) is 4. The Labute approximate surface area is 89.5 Å². The molecule has 0 atom stereocenters. The maximum Gasteiger partial charge on any atom is 0.202 e. The van der Waals surface area contributed by atoms with Crippen molar-refractivity contribution in [2.75, 3.05) is 21.3 Å². The molecular weight excluding hydrogens is 195 g/mol. The number of benzene rings is 1. The van der Waals surface area contributed by atoms with Crippen molar-refractivity contribution in [3.8, 4) is 17.2 Å². The maximum atomic E-state index is 10.8. The lowest BCUT2D eigenvalue weighted by Crippen LogP contribution is -2.15. The van der Waals surface area contributed by atoms with Crippen molar-refractivity contribution in [2.45, 2.75) is 0 Å². The summed E-state index contributed by atoms with van der Waals surface area (Å²) in [5.74, 6) is 1.52. The molecule has 5 heteroatoms. The summed E-state index contributed by atoms with van der Waals surface area (Å²) in [6.45, 7) is 0. The molecule has 0 aromatic heterocycles. The van der Waals surface area contributed by atoms with Crippen LogP contribution in [0.3, 0.4) is 0 Å². The minimum absolute atomic E-state index is 0.488. The van der Waals surface area contributed by atoms with Gasteiger partial charge >= 0.3 is 0 Å². The molecule has 0 radical (unpaired) electrons. The van der Waals surface area contributed by atoms with Crippen LogP contribution >= 0.6 is 0 Å². The summed E-state index contributed by atoms with van der Waals surface area (Å²) in [5, 5.41) is 0. The van der Waals surface area contributed by atoms with E-state index in [0.29, 0.717) is 22.8 Å². The highest BCUT2D eigenvalue weighted by Gasteiger charge is 2.16. The third kappa shape index (κ3) is 1.91. The van der Waals surface area contributed by atoms with Crippen LogP contribution in [-0.2, 0) is 0 Å². The Morgan fingerprint density at radius 3 is 2.13 bits per heavy atom. The number of ether oxygens (including phenoxy) is 3. The summed E-state index contributed by atoms with van der Waals surface area (Å²) in [5.41, 5.74) is 1.27. The highest BCUT2D eigenvalue weighted by molar-refractivity contribution is 6.37. The van der Waals surface area contributed by atoms with Gasteiger partial charge in [-0.15, -0.1) is 0 Å². The average molecular weight is 208 g/mol. The largest absolute Gasteiger partial charge is 0.493 e. The van der Waals surface area contributed by atoms with E-state index >= 15 is 0 Å². The number of rotatable bonds is 4. The molecule has 0 bridgehead atoms. The first-order chi connectivity index (χ1) is 7.19. The molecule has 0 fully saturated rings. The lowest BCUT2D eigenvalue weighted by atomic mass is 9.89. The zero-order valence-electron chi connectivity index (χ0n) is 9.29. The zero-order valence-corrected chi connectivity index (χ0v) is 9.29. The van der Waals surface area contributed by atoms with E-state index in [1.165, 1.54) is 21.3 Å². The Bertz CT molecular complexity index is 376. The van der Waals surface area contributed by atoms with Crippen molar-refractivity contribution < 1.29 is 19.0 Å². The van der Waals surface area contributed by atoms with Crippen molar-refractivity contribution in [1.82, 2.24) is 0 Å². The van der Waals surface area contributed by atoms with Crippen LogP contribution in [0, 0.1) is 0 Å². The molecule has 0 N–H and O–H groups in total. The second-order valence-electron chi connectivity index (χ2n) is 2.98. The Balaban J connectivity index is 3.49. The van der Waals surface area contributed by atoms with Gasteiger partial charge in [-0.2, -0.15) is 0 Å². The number of methoxy groups -OCH3 is 3. The lowest BCUT2D eigenvalue weighted by Gasteiger charge is -2.15. The van der Waals surface area contributed by atoms with Gasteiger partial charge in [-0.1, -0.05) is 0 Å². The molecule has 0 heterocycles. The molecule has 0 saturated heterocycles. The van der Waals surface area contributed by atoms with E-state index in [1.807, 2.05) is 0 Å². The summed E-state index contributed by atoms with van der Waals surface area (Å²) in [6, 6.07) is 1.63. The van der Waals surface area contributed by atoms with Gasteiger partial charge in [-0.3, -0.25) is 4.79 Å². The van der Waals surface area contributed by atoms with E-state index < -0.39 is 0 Å². The number of carbonyl (C=O) groups is 1. The summed E-state index contributed by atoms with van der Waals surface area (Å²) >= 11 is 0. The normalized spacial score (nSPS) is 9.53. The fourth-order valence-electron chi connectivity index (χ4n) is 1.44. The molecule has 1 aromatic carbocycles. The van der Waals surface area contributed by atoms with Crippen LogP contribution in [0.2, 0.25) is 0 Å². The van der Waals surface area contributed by atoms with Crippen molar-refractivity contribution in [3.63, 3.8) is 0 Å². The van der Waals surface area contributed by atoms with Gasteiger partial charge in [-0.25, -0.2) is 0 Å². The van der Waals surface area contributed by atoms with Crippen LogP contribution < -0.4 is 19.7 Å². The molecular formula is C10H13BO4. The van der Waals surface area contributed by atoms with Gasteiger partial charge in [0.05, 0.1) is 21.3 Å². The van der Waals surface area contributed by atoms with Crippen molar-refractivity contribution in [1.29, 1.82) is 0 Å². The molecule has 0 unspecified atom stereocenters. The summed E-state index contributed by atoms with van der Waals surface area (Å²) < 4.78 is 15.5. The Kier molecular flexibility index (Phi) is 3.60. The van der Waals surface area contributed by atoms with Crippen molar-refractivity contribution in [3.05, 3.63) is 11.6 Å². The number of carbonyl (C=O) groups excluding carboxylic acids is 1. The summed E-state index contributed by atoms with van der Waals surface area (Å²) in [6.07, 6.45) is 0.764. The van der Waals surface area contributed by atoms with Gasteiger partial charge in [0.2, 0.25) is 5.75 Å². The Hall–Kier alpha value is -1.65. The molecule has 0 aliphatic carbocycles. The summed E-state index contributed by atoms with van der Waals surface area (Å²) in [4.78, 5) is 10.8. The molecule has 0 aliphatic heterocycles. The van der Waals surface area contributed by atoms with Crippen molar-refractivity contribution >= 4 is 19.6 Å². The molecule has 4 nitrogen and oxygen atoms in total. The van der Waals surface area contributed by atoms with Crippen LogP contribution in [-0.4, -0.2) is 35.5 Å². The maximum absolute atomic E-state index is 10.8. The minimum atomic E-state index is 0.488. The van der Waals surface area contributed by atoms with Crippen LogP contribution in [0.25, 0.3) is 0 Å². The van der Waals surface area contributed by atoms with Crippen LogP contribution in [0.4, 0.5) is 0 Å². The average Bonchev–Trinajstić information content (AvgIpc) is 2.28. The zero-order chi connectivity index (χ0) is 11.4. The minimum Gasteiger partial charge on any atom is -0.493 e. The van der Waals surface area contributed by atoms with Crippen molar-refractivity contribution in [2.24, 2.45) is 0 Å². The smallest absolute Gasteiger partial charge is 0.202 e. The first-order valence-corrected chi connectivity index (χ1v) is 4.44. The summed E-state index contributed by atoms with van der Waals surface area (Å²) in [7, 11) is 6.37. The van der Waals surface area contributed by atoms with Gasteiger partial charge in [-0.05, 0) is 11.5 Å². The fourth-order valence-corrected chi connectivity index (χ4v) is 1.44. The van der Waals surface area contributed by atoms with E-state index in [2.05, 4.69) is 0 Å². The SMILES string of the molecule is Bc1c(C=O)cc(OC)c(OC)c1OC. The van der Waals surface area contributed by atoms with Gasteiger partial charge in [0.15, 0.2) is 11.5 Å². The second-order valence-corrected chi connectivity index (χ2v) is 2.98. The highest BCUT2D eigenvalue weighted by Crippen LogP contribution is 2.35. The predicted octanol–water partition coefficient (Wildman–Crippen LogP) is -0.217. The van der Waals surface area contributed by atoms with E-state index in [1.54, 1.807) is 13.9 Å². The lowest BCUT2D eigenvalue weighted by molar-refractivity contribution is 0.112. The predicted molar refractivity (Wildman–Crippen MR) is 59.7 cm³/mol. The van der Waals surface area contributed by atoms with E-state index in [0.717, 1.165) is 11.7 Å². The third-order valence-electron chi connectivity index (χ3n) is 2.25. The number of hydrogen-bond donors (Lipinski definition) is 0. The van der Waals surface area contributed by atoms with Gasteiger partial charge < -0.3 is 14.2 Å². The molecule has 0 saturated carbocycles. The Morgan fingerprint density at radius 2 is 1.73 bits per heavy atom. The molecule has 0 aliphatic rings. The van der Waals surface area contributed by atoms with Gasteiger partial charge in [0, 0.05) is 5.56 Å². The number of aldehydes is 1. The van der Waals surface area contributed by atoms with Crippen LogP contribution in [0.15, 0.2) is 6.07 Å². The topological polar surface area (TPSA) is 44.8 Å². The Morgan fingerprint density at radius 1 is 1.13 bits per heavy atom. The monoisotopic (exact) mass is 208 g/mol. The first kappa shape index (κ1) is 11.4. The molecule has 0 amide bonds. The van der Waals surface area contributed by atoms with Gasteiger partial charge in [0.1, 0.15) is 14.1 Å². The molecule has 1 aromatic rings. The standard InChI is InChI=1S/C10H13BO4/c1-13-7-4-6(5-12)8(11)10(15-3)9(7)14-2/h4-5H,11H2,1-3H3. The fraction of sp³-hybridized carbons (Fsp3) is 0.300. The van der Waals surface area contributed by atoms with Crippen LogP contribution in [0.5, 0.6) is 17.2 Å². The molecule has 80 valence electrons. The molecule has 0 spiro atoms. The van der Waals surface area contributed by atoms with E-state index in [9.17, 15) is 4.79 Å². The first-order valence-electron chi connectivity index (χ1n) is 4.44. The molecule has 15 heavy (non-hydrogen) atoms. The highest BCUT2D eigenvalue weighted by atomic mass is 16.5. The van der Waals surface area contributed by atoms with E-state index in [4.69, 9.17) is 14.2 Å². The second kappa shape index (κ2) is 4.73. The van der Waals surface area contributed by atoms with Gasteiger partial charge in [0.25, 0.3) is 0 Å². The molecule has 1 rings (SSSR count).